The Morgan fingerprint density at radius 1 is 0.170 bits per heavy atom. The van der Waals surface area contributed by atoms with E-state index in [0.717, 1.165) is 123 Å². The molecule has 27 aromatic rings. The van der Waals surface area contributed by atoms with Crippen molar-refractivity contribution in [2.75, 3.05) is 0 Å². The molecule has 19 aromatic carbocycles. The first-order valence-corrected chi connectivity index (χ1v) is 49.4. The number of hydrogen-bond donors (Lipinski definition) is 0. The van der Waals surface area contributed by atoms with E-state index in [1.165, 1.54) is 132 Å². The first-order chi connectivity index (χ1) is 72.9. The highest BCUT2D eigenvalue weighted by molar-refractivity contribution is 6.29. The van der Waals surface area contributed by atoms with Gasteiger partial charge in [-0.25, -0.2) is 24.9 Å². The number of hydrogen-bond acceptors (Lipinski definition) is 10. The first kappa shape index (κ1) is 87.4. The molecule has 0 bridgehead atoms. The topological polar surface area (TPSA) is 134 Å². The van der Waals surface area contributed by atoms with Crippen molar-refractivity contribution in [2.24, 2.45) is 0 Å². The second-order valence-electron chi connectivity index (χ2n) is 36.8. The summed E-state index contributed by atoms with van der Waals surface area (Å²) < 4.78 is 2.26. The van der Waals surface area contributed by atoms with Crippen molar-refractivity contribution in [3.63, 3.8) is 0 Å². The normalized spacial score (nSPS) is 11.4. The average molecular weight is 1880 g/mol. The Morgan fingerprint density at radius 3 is 1.14 bits per heavy atom. The zero-order valence-corrected chi connectivity index (χ0v) is 79.6. The summed E-state index contributed by atoms with van der Waals surface area (Å²) in [7, 11) is 0. The second-order valence-corrected chi connectivity index (χ2v) is 36.8. The highest BCUT2D eigenvalue weighted by Gasteiger charge is 2.33. The molecule has 686 valence electrons. The highest BCUT2D eigenvalue weighted by atomic mass is 15.1. The Kier molecular flexibility index (Phi) is 22.8. The van der Waals surface area contributed by atoms with Crippen LogP contribution in [-0.4, -0.2) is 54.4 Å². The van der Waals surface area contributed by atoms with Crippen molar-refractivity contribution in [3.05, 3.63) is 529 Å². The third kappa shape index (κ3) is 16.7. The molecule has 0 spiro atoms. The van der Waals surface area contributed by atoms with E-state index in [1.807, 2.05) is 128 Å². The lowest BCUT2D eigenvalue weighted by atomic mass is 9.82. The highest BCUT2D eigenvalue weighted by Crippen LogP contribution is 2.59. The van der Waals surface area contributed by atoms with E-state index in [2.05, 4.69) is 402 Å². The van der Waals surface area contributed by atoms with Crippen LogP contribution in [0, 0.1) is 0 Å². The molecule has 0 saturated heterocycles. The molecule has 8 heterocycles. The monoisotopic (exact) mass is 1870 g/mol. The van der Waals surface area contributed by atoms with Crippen LogP contribution >= 0.6 is 0 Å². The maximum Gasteiger partial charge on any atom is 0.164 e. The molecule has 11 nitrogen and oxygen atoms in total. The summed E-state index contributed by atoms with van der Waals surface area (Å²) in [6, 6.07) is 171. The molecule has 11 heteroatoms. The van der Waals surface area contributed by atoms with Gasteiger partial charge in [-0.2, -0.15) is 0 Å². The lowest BCUT2D eigenvalue weighted by Gasteiger charge is -2.20. The van der Waals surface area contributed by atoms with Crippen LogP contribution in [0.5, 0.6) is 0 Å². The third-order valence-electron chi connectivity index (χ3n) is 28.0. The van der Waals surface area contributed by atoms with Gasteiger partial charge < -0.3 is 0 Å². The zero-order chi connectivity index (χ0) is 97.5. The van der Waals surface area contributed by atoms with Crippen LogP contribution in [-0.2, 0) is 0 Å². The quantitative estimate of drug-likeness (QED) is 0.0861. The molecule has 0 atom stereocenters. The Balaban J connectivity index is 0.000000113. The largest absolute Gasteiger partial charge is 0.292 e. The molecule has 0 saturated carbocycles. The molecule has 147 heavy (non-hydrogen) atoms. The van der Waals surface area contributed by atoms with E-state index in [-0.39, 0.29) is 0 Å². The van der Waals surface area contributed by atoms with E-state index in [4.69, 9.17) is 34.9 Å². The van der Waals surface area contributed by atoms with Crippen LogP contribution in [0.1, 0.15) is 0 Å². The van der Waals surface area contributed by atoms with Gasteiger partial charge in [0, 0.05) is 93.6 Å². The molecule has 1 aliphatic rings. The Labute approximate surface area is 849 Å². The van der Waals surface area contributed by atoms with E-state index in [9.17, 15) is 0 Å². The lowest BCUT2D eigenvalue weighted by Crippen LogP contribution is -2.00. The summed E-state index contributed by atoms with van der Waals surface area (Å²) in [6.07, 6.45) is 12.8. The molecule has 0 radical (unpaired) electrons. The van der Waals surface area contributed by atoms with Gasteiger partial charge in [0.1, 0.15) is 5.82 Å². The molecule has 8 aromatic heterocycles. The van der Waals surface area contributed by atoms with Crippen LogP contribution in [0.2, 0.25) is 0 Å². The standard InChI is InChI=1S/C53H34N2.C47H29N3.C36H24N6/c1-2-16-44(17-3-1)55-50-21-11-10-20-49(50)54-53(55)38-26-22-37(23-27-38)41-30-31-47-48(34-41)52(43-29-25-36-13-5-7-15-40(36)33-43)46-19-9-8-18-45(46)51(47)42-28-24-35-12-4-6-14-39(35)32-42;1-5-16-30(17-6-1)40-34-24-13-14-25-35(34)41(31-18-7-2-8-19-31)44-39-29-28-37(36-26-15-27-38(42(36)39)43(40)44)47-49-45(32-20-9-3-10-21-32)48-46(50-47)33-22-11-4-12-23-33;1-2-17-39-33(8-1)35-9-3-10-36(42-35)34-14-12-27(24-41-34)31-19-29(25-6-4-15-37-21-25)18-30(20-31)26-11-13-32(40-23-26)28-7-5-16-38-22-28/h1-34H;1-29H;1-24H. The maximum absolute atomic E-state index is 5.13. The summed E-state index contributed by atoms with van der Waals surface area (Å²) in [5.41, 5.74) is 35.8. The number of rotatable bonds is 16. The fourth-order valence-electron chi connectivity index (χ4n) is 21.1. The summed E-state index contributed by atoms with van der Waals surface area (Å²) >= 11 is 0. The predicted octanol–water partition coefficient (Wildman–Crippen LogP) is 34.5. The molecule has 28 rings (SSSR count). The molecule has 0 fully saturated rings. The van der Waals surface area contributed by atoms with Gasteiger partial charge in [0.05, 0.1) is 39.5 Å². The molecule has 0 aliphatic heterocycles. The molecule has 1 aliphatic carbocycles. The van der Waals surface area contributed by atoms with Gasteiger partial charge in [0.25, 0.3) is 0 Å². The number of imidazole rings is 1. The van der Waals surface area contributed by atoms with Gasteiger partial charge >= 0.3 is 0 Å². The van der Waals surface area contributed by atoms with Gasteiger partial charge in [-0.15, -0.1) is 0 Å². The summed E-state index contributed by atoms with van der Waals surface area (Å²) in [5.74, 6) is 2.91. The van der Waals surface area contributed by atoms with Crippen molar-refractivity contribution in [1.82, 2.24) is 54.4 Å². The third-order valence-corrected chi connectivity index (χ3v) is 28.0. The molecule has 0 N–H and O–H groups in total. The van der Waals surface area contributed by atoms with Crippen molar-refractivity contribution in [1.29, 1.82) is 0 Å². The van der Waals surface area contributed by atoms with Crippen LogP contribution in [0.15, 0.2) is 529 Å². The number of nitrogens with zero attached hydrogens (tertiary/aromatic N) is 11. The minimum absolute atomic E-state index is 0.657. The molecule has 0 unspecified atom stereocenters. The van der Waals surface area contributed by atoms with Crippen LogP contribution in [0.3, 0.4) is 0 Å². The number of fused-ring (bicyclic) bond motifs is 9. The van der Waals surface area contributed by atoms with Crippen LogP contribution in [0.25, 0.3) is 272 Å². The predicted molar refractivity (Wildman–Crippen MR) is 605 cm³/mol. The van der Waals surface area contributed by atoms with E-state index < -0.39 is 0 Å². The first-order valence-electron chi connectivity index (χ1n) is 49.4. The molecular weight excluding hydrogens is 1790 g/mol. The maximum atomic E-state index is 5.13. The number of para-hydroxylation sites is 3. The second kappa shape index (κ2) is 38.3. The molecular formula is C136H87N11. The smallest absolute Gasteiger partial charge is 0.164 e. The fourth-order valence-corrected chi connectivity index (χ4v) is 21.1. The van der Waals surface area contributed by atoms with Gasteiger partial charge in [0.2, 0.25) is 0 Å². The van der Waals surface area contributed by atoms with Crippen molar-refractivity contribution in [3.8, 4) is 197 Å². The Morgan fingerprint density at radius 2 is 0.585 bits per heavy atom. The lowest BCUT2D eigenvalue weighted by molar-refractivity contribution is 1.08. The van der Waals surface area contributed by atoms with Crippen LogP contribution in [0.4, 0.5) is 0 Å². The van der Waals surface area contributed by atoms with Gasteiger partial charge in [-0.05, 0) is 281 Å². The van der Waals surface area contributed by atoms with Crippen molar-refractivity contribution >= 4 is 75.7 Å². The van der Waals surface area contributed by atoms with E-state index in [1.54, 1.807) is 18.6 Å². The summed E-state index contributed by atoms with van der Waals surface area (Å²) in [5, 5.41) is 14.8. The Bertz CT molecular complexity index is 9510. The van der Waals surface area contributed by atoms with Crippen molar-refractivity contribution < 1.29 is 0 Å². The number of aromatic nitrogens is 11. The van der Waals surface area contributed by atoms with Gasteiger partial charge in [-0.3, -0.25) is 29.5 Å². The zero-order valence-electron chi connectivity index (χ0n) is 79.6. The summed E-state index contributed by atoms with van der Waals surface area (Å²) in [6.45, 7) is 0. The van der Waals surface area contributed by atoms with E-state index >= 15 is 0 Å². The minimum atomic E-state index is 0.657. The van der Waals surface area contributed by atoms with Crippen LogP contribution < -0.4 is 0 Å². The van der Waals surface area contributed by atoms with E-state index in [0.29, 0.717) is 17.5 Å². The minimum Gasteiger partial charge on any atom is -0.292 e. The number of pyridine rings is 6. The average Bonchev–Trinajstić information content (AvgIpc) is 1.54. The van der Waals surface area contributed by atoms with Gasteiger partial charge in [-0.1, -0.05) is 364 Å². The fraction of sp³-hybridized carbons (Fsp3) is 0. The number of benzene rings is 19. The Hall–Kier alpha value is -19.9. The molecule has 0 amide bonds. The summed E-state index contributed by atoms with van der Waals surface area (Å²) in [4.78, 5) is 47.7. The SMILES string of the molecule is c1ccc(-c2cccc(-c3ccc(-c4cc(-c5cccnc5)cc(-c5ccc(-c6cccnc6)nc5)c4)cn3)n2)nc1.c1ccc(-c2nc(-c3ccccc3)nc(-c3ccc4c5c(cccc35)-c3c-4c(-c4ccccc4)c4ccccc4c3-c3ccccc3)n2)cc1.c1ccc(-n2c(-c3ccc(-c4ccc5c(-c6ccc7ccccc7c6)c6ccccc6c(-c6ccc7ccccc7c6)c5c4)cc3)nc3ccccc32)cc1. The van der Waals surface area contributed by atoms with Gasteiger partial charge in [0.15, 0.2) is 17.5 Å². The van der Waals surface area contributed by atoms with Crippen molar-refractivity contribution in [2.45, 2.75) is 0 Å².